The zero-order valence-electron chi connectivity index (χ0n) is 39.5. The van der Waals surface area contributed by atoms with Gasteiger partial charge in [0.2, 0.25) is 0 Å². The Morgan fingerprint density at radius 1 is 0.310 bits per heavy atom. The lowest BCUT2D eigenvalue weighted by Gasteiger charge is -2.26. The van der Waals surface area contributed by atoms with Crippen LogP contribution in [0.1, 0.15) is 37.5 Å². The normalized spacial score (nSPS) is 11.8. The third-order valence-corrected chi connectivity index (χ3v) is 14.5. The van der Waals surface area contributed by atoms with Crippen molar-refractivity contribution in [2.75, 3.05) is 0 Å². The van der Waals surface area contributed by atoms with Gasteiger partial charge in [-0.25, -0.2) is 0 Å². The number of fused-ring (bicyclic) bond motifs is 9. The van der Waals surface area contributed by atoms with E-state index < -0.39 is 0 Å². The summed E-state index contributed by atoms with van der Waals surface area (Å²) in [7, 11) is 0. The molecule has 0 spiro atoms. The number of nitriles is 2. The van der Waals surface area contributed by atoms with Crippen LogP contribution in [-0.4, -0.2) is 13.7 Å². The maximum Gasteiger partial charge on any atom is 0.104 e. The standard InChI is InChI=1S/C66H45N5/c1-66(2,3)47-34-30-44(31-35-47)62-64(70-56-26-14-10-22-48(56)49-23-11-15-27-57(49)70)54(40-67)63(55(41-68)65(62)71-58-28-16-12-24-50(58)51-25-13-17-29-59(51)71)69-60-36-32-45(42-18-6-4-7-19-42)38-52(60)53-39-46(33-37-61(53)69)43-20-8-5-9-21-43/h4-39H,1-3H3. The van der Waals surface area contributed by atoms with Gasteiger partial charge in [0.15, 0.2) is 0 Å². The fraction of sp³-hybridized carbons (Fsp3) is 0.0606. The van der Waals surface area contributed by atoms with Gasteiger partial charge < -0.3 is 13.7 Å². The van der Waals surface area contributed by atoms with E-state index in [9.17, 15) is 10.5 Å². The Kier molecular flexibility index (Phi) is 9.46. The van der Waals surface area contributed by atoms with Crippen LogP contribution >= 0.6 is 0 Å². The van der Waals surface area contributed by atoms with Gasteiger partial charge in [0.1, 0.15) is 23.3 Å². The fourth-order valence-electron chi connectivity index (χ4n) is 11.2. The van der Waals surface area contributed by atoms with Gasteiger partial charge in [0, 0.05) is 37.9 Å². The Labute approximate surface area is 411 Å². The first-order valence-corrected chi connectivity index (χ1v) is 24.1. The highest BCUT2D eigenvalue weighted by atomic mass is 15.1. The first kappa shape index (κ1) is 41.7. The van der Waals surface area contributed by atoms with Crippen LogP contribution in [-0.2, 0) is 5.41 Å². The quantitative estimate of drug-likeness (QED) is 0.167. The molecule has 3 heterocycles. The summed E-state index contributed by atoms with van der Waals surface area (Å²) in [5.74, 6) is 0. The number of nitrogens with zero attached hydrogens (tertiary/aromatic N) is 5. The van der Waals surface area contributed by atoms with E-state index >= 15 is 0 Å². The molecule has 0 aliphatic carbocycles. The number of benzene rings is 10. The predicted molar refractivity (Wildman–Crippen MR) is 294 cm³/mol. The zero-order chi connectivity index (χ0) is 48.0. The Morgan fingerprint density at radius 2 is 0.634 bits per heavy atom. The summed E-state index contributed by atoms with van der Waals surface area (Å²) in [6.07, 6.45) is 0. The van der Waals surface area contributed by atoms with Crippen LogP contribution in [0.25, 0.3) is 116 Å². The van der Waals surface area contributed by atoms with Crippen molar-refractivity contribution in [2.45, 2.75) is 26.2 Å². The minimum absolute atomic E-state index is 0.110. The fourth-order valence-corrected chi connectivity index (χ4v) is 11.2. The molecule has 10 aromatic carbocycles. The van der Waals surface area contributed by atoms with Crippen LogP contribution < -0.4 is 0 Å². The van der Waals surface area contributed by atoms with Crippen LogP contribution in [0.4, 0.5) is 0 Å². The highest BCUT2D eigenvalue weighted by Crippen LogP contribution is 2.49. The molecule has 13 rings (SSSR count). The molecule has 0 radical (unpaired) electrons. The lowest BCUT2D eigenvalue weighted by Crippen LogP contribution is -2.14. The zero-order valence-corrected chi connectivity index (χ0v) is 39.5. The minimum Gasteiger partial charge on any atom is -0.307 e. The Bertz CT molecular complexity index is 4020. The number of hydrogen-bond donors (Lipinski definition) is 0. The van der Waals surface area contributed by atoms with Gasteiger partial charge >= 0.3 is 0 Å². The second kappa shape index (κ2) is 16.1. The van der Waals surface area contributed by atoms with Gasteiger partial charge in [-0.1, -0.05) is 191 Å². The molecule has 13 aromatic rings. The van der Waals surface area contributed by atoms with E-state index in [0.29, 0.717) is 28.2 Å². The van der Waals surface area contributed by atoms with Gasteiger partial charge in [0.25, 0.3) is 0 Å². The summed E-state index contributed by atoms with van der Waals surface area (Å²) in [6, 6.07) is 82.4. The molecule has 3 aromatic heterocycles. The average Bonchev–Trinajstić information content (AvgIpc) is 4.05. The van der Waals surface area contributed by atoms with Crippen molar-refractivity contribution in [1.29, 1.82) is 10.5 Å². The molecule has 0 aliphatic rings. The van der Waals surface area contributed by atoms with Gasteiger partial charge in [-0.05, 0) is 87.3 Å². The van der Waals surface area contributed by atoms with Crippen LogP contribution in [0.3, 0.4) is 0 Å². The molecule has 0 bridgehead atoms. The summed E-state index contributed by atoms with van der Waals surface area (Å²) in [5.41, 5.74) is 15.5. The first-order valence-electron chi connectivity index (χ1n) is 24.1. The summed E-state index contributed by atoms with van der Waals surface area (Å²) in [4.78, 5) is 0. The topological polar surface area (TPSA) is 62.4 Å². The summed E-state index contributed by atoms with van der Waals surface area (Å²) in [6.45, 7) is 6.67. The highest BCUT2D eigenvalue weighted by Gasteiger charge is 2.33. The molecule has 0 unspecified atom stereocenters. The van der Waals surface area contributed by atoms with Crippen molar-refractivity contribution in [3.8, 4) is 62.6 Å². The molecule has 5 heteroatoms. The summed E-state index contributed by atoms with van der Waals surface area (Å²) >= 11 is 0. The number of hydrogen-bond acceptors (Lipinski definition) is 2. The third kappa shape index (κ3) is 6.38. The monoisotopic (exact) mass is 907 g/mol. The SMILES string of the molecule is CC(C)(C)c1ccc(-c2c(-n3c4ccccc4c4ccccc43)c(C#N)c(-n3c4ccc(-c5ccccc5)cc4c4cc(-c5ccccc5)ccc43)c(C#N)c2-n2c3ccccc3c3ccccc32)cc1. The summed E-state index contributed by atoms with van der Waals surface area (Å²) in [5, 5.41) is 30.9. The molecule has 0 amide bonds. The molecule has 0 N–H and O–H groups in total. The van der Waals surface area contributed by atoms with Crippen molar-refractivity contribution >= 4 is 65.4 Å². The largest absolute Gasteiger partial charge is 0.307 e. The smallest absolute Gasteiger partial charge is 0.104 e. The molecule has 0 saturated heterocycles. The van der Waals surface area contributed by atoms with E-state index in [1.165, 1.54) is 5.56 Å². The average molecular weight is 908 g/mol. The van der Waals surface area contributed by atoms with Gasteiger partial charge in [-0.3, -0.25) is 0 Å². The van der Waals surface area contributed by atoms with Crippen molar-refractivity contribution in [3.63, 3.8) is 0 Å². The first-order chi connectivity index (χ1) is 34.8. The number of para-hydroxylation sites is 4. The third-order valence-electron chi connectivity index (χ3n) is 14.5. The van der Waals surface area contributed by atoms with E-state index in [1.54, 1.807) is 0 Å². The van der Waals surface area contributed by atoms with Crippen molar-refractivity contribution in [2.24, 2.45) is 0 Å². The second-order valence-electron chi connectivity index (χ2n) is 19.5. The minimum atomic E-state index is -0.110. The Morgan fingerprint density at radius 3 is 1.00 bits per heavy atom. The Balaban J connectivity index is 1.29. The van der Waals surface area contributed by atoms with Crippen LogP contribution in [0, 0.1) is 22.7 Å². The Hall–Kier alpha value is -9.42. The lowest BCUT2D eigenvalue weighted by atomic mass is 9.85. The molecule has 0 atom stereocenters. The van der Waals surface area contributed by atoms with Gasteiger partial charge in [0.05, 0.1) is 50.2 Å². The van der Waals surface area contributed by atoms with E-state index in [1.807, 2.05) is 12.1 Å². The van der Waals surface area contributed by atoms with E-state index in [0.717, 1.165) is 98.8 Å². The molecule has 5 nitrogen and oxygen atoms in total. The molecule has 0 fully saturated rings. The van der Waals surface area contributed by atoms with Crippen molar-refractivity contribution in [1.82, 2.24) is 13.7 Å². The molecular weight excluding hydrogens is 863 g/mol. The van der Waals surface area contributed by atoms with Crippen LogP contribution in [0.2, 0.25) is 0 Å². The van der Waals surface area contributed by atoms with Crippen molar-refractivity contribution < 1.29 is 0 Å². The van der Waals surface area contributed by atoms with E-state index in [2.05, 4.69) is 253 Å². The van der Waals surface area contributed by atoms with Crippen molar-refractivity contribution in [3.05, 3.63) is 235 Å². The molecular formula is C66H45N5. The number of aromatic nitrogens is 3. The molecule has 0 aliphatic heterocycles. The van der Waals surface area contributed by atoms with Gasteiger partial charge in [-0.2, -0.15) is 10.5 Å². The lowest BCUT2D eigenvalue weighted by molar-refractivity contribution is 0.590. The van der Waals surface area contributed by atoms with E-state index in [4.69, 9.17) is 0 Å². The highest BCUT2D eigenvalue weighted by molar-refractivity contribution is 6.15. The summed E-state index contributed by atoms with van der Waals surface area (Å²) < 4.78 is 6.77. The van der Waals surface area contributed by atoms with Gasteiger partial charge in [-0.15, -0.1) is 0 Å². The van der Waals surface area contributed by atoms with E-state index in [-0.39, 0.29) is 5.41 Å². The molecule has 71 heavy (non-hydrogen) atoms. The molecule has 334 valence electrons. The number of rotatable bonds is 6. The van der Waals surface area contributed by atoms with Crippen LogP contribution in [0.5, 0.6) is 0 Å². The maximum absolute atomic E-state index is 12.3. The second-order valence-corrected chi connectivity index (χ2v) is 19.5. The van der Waals surface area contributed by atoms with Crippen LogP contribution in [0.15, 0.2) is 218 Å². The predicted octanol–water partition coefficient (Wildman–Crippen LogP) is 17.0. The maximum atomic E-state index is 12.3. The molecule has 0 saturated carbocycles.